The lowest BCUT2D eigenvalue weighted by atomic mass is 9.93. The Bertz CT molecular complexity index is 3610. The van der Waals surface area contributed by atoms with Gasteiger partial charge in [0, 0.05) is 39.3 Å². The van der Waals surface area contributed by atoms with Gasteiger partial charge in [-0.05, 0) is 116 Å². The smallest absolute Gasteiger partial charge is 0.227 e. The van der Waals surface area contributed by atoms with Crippen LogP contribution >= 0.6 is 0 Å². The minimum atomic E-state index is 0.591. The molecule has 12 aromatic rings. The zero-order valence-corrected chi connectivity index (χ0v) is 34.2. The first-order valence-electron chi connectivity index (χ1n) is 21.3. The molecule has 0 fully saturated rings. The highest BCUT2D eigenvalue weighted by Crippen LogP contribution is 2.46. The largest absolute Gasteiger partial charge is 0.456 e. The molecule has 0 atom stereocenters. The van der Waals surface area contributed by atoms with E-state index in [9.17, 15) is 0 Å². The molecule has 0 saturated carbocycles. The molecule has 10 aromatic carbocycles. The fourth-order valence-corrected chi connectivity index (χ4v) is 8.99. The summed E-state index contributed by atoms with van der Waals surface area (Å²) >= 11 is 0. The van der Waals surface area contributed by atoms with E-state index in [1.807, 2.05) is 42.5 Å². The number of benzene rings is 10. The third-order valence-corrected chi connectivity index (χ3v) is 12.1. The highest BCUT2D eigenvalue weighted by Gasteiger charge is 2.22. The number of fused-ring (bicyclic) bond motifs is 5. The van der Waals surface area contributed by atoms with Gasteiger partial charge in [-0.15, -0.1) is 0 Å². The summed E-state index contributed by atoms with van der Waals surface area (Å²) in [5.74, 6) is 0.591. The number of hydrogen-bond donors (Lipinski definition) is 0. The number of nitrogens with zero attached hydrogens (tertiary/aromatic N) is 2. The van der Waals surface area contributed by atoms with E-state index in [0.717, 1.165) is 83.5 Å². The summed E-state index contributed by atoms with van der Waals surface area (Å²) in [5, 5.41) is 4.47. The lowest BCUT2D eigenvalue weighted by Gasteiger charge is -2.29. The Morgan fingerprint density at radius 1 is 0.333 bits per heavy atom. The van der Waals surface area contributed by atoms with Gasteiger partial charge in [0.1, 0.15) is 16.7 Å². The maximum atomic E-state index is 6.55. The SMILES string of the molecule is c1ccc(-c2ccc(N(c3cccc(-c4ccc5ccccc5c4)c3)c3ccc(-c4cccc5oc6cc7nc(-c8ccccc8)oc7cc6c45)cc3-c3ccccc3)cc2)cc1. The molecular weight excluding hydrogens is 769 g/mol. The minimum absolute atomic E-state index is 0.591. The molecule has 296 valence electrons. The highest BCUT2D eigenvalue weighted by atomic mass is 16.4. The van der Waals surface area contributed by atoms with Crippen molar-refractivity contribution in [1.29, 1.82) is 0 Å². The van der Waals surface area contributed by atoms with Crippen LogP contribution in [0.25, 0.3) is 99.8 Å². The van der Waals surface area contributed by atoms with Crippen LogP contribution in [0.15, 0.2) is 239 Å². The van der Waals surface area contributed by atoms with Gasteiger partial charge in [0.2, 0.25) is 5.89 Å². The summed E-state index contributed by atoms with van der Waals surface area (Å²) in [6.07, 6.45) is 0. The van der Waals surface area contributed by atoms with Crippen LogP contribution in [-0.4, -0.2) is 4.98 Å². The number of furan rings is 1. The van der Waals surface area contributed by atoms with Crippen molar-refractivity contribution in [1.82, 2.24) is 4.98 Å². The first-order valence-corrected chi connectivity index (χ1v) is 21.3. The second kappa shape index (κ2) is 15.2. The van der Waals surface area contributed by atoms with Crippen molar-refractivity contribution in [3.05, 3.63) is 231 Å². The van der Waals surface area contributed by atoms with Crippen molar-refractivity contribution in [2.45, 2.75) is 0 Å². The summed E-state index contributed by atoms with van der Waals surface area (Å²) < 4.78 is 12.9. The van der Waals surface area contributed by atoms with E-state index in [1.165, 1.54) is 27.5 Å². The summed E-state index contributed by atoms with van der Waals surface area (Å²) in [7, 11) is 0. The average molecular weight is 807 g/mol. The molecule has 0 aliphatic heterocycles. The van der Waals surface area contributed by atoms with Crippen LogP contribution in [0.2, 0.25) is 0 Å². The van der Waals surface area contributed by atoms with Gasteiger partial charge in [0.25, 0.3) is 0 Å². The molecule has 12 rings (SSSR count). The molecule has 0 bridgehead atoms. The molecule has 0 amide bonds. The summed E-state index contributed by atoms with van der Waals surface area (Å²) in [6.45, 7) is 0. The normalized spacial score (nSPS) is 11.5. The monoisotopic (exact) mass is 806 g/mol. The van der Waals surface area contributed by atoms with Crippen LogP contribution in [0.1, 0.15) is 0 Å². The van der Waals surface area contributed by atoms with Gasteiger partial charge in [-0.1, -0.05) is 158 Å². The molecule has 0 aliphatic carbocycles. The van der Waals surface area contributed by atoms with Crippen LogP contribution < -0.4 is 4.90 Å². The van der Waals surface area contributed by atoms with E-state index in [4.69, 9.17) is 13.8 Å². The lowest BCUT2D eigenvalue weighted by molar-refractivity contribution is 0.620. The number of aromatic nitrogens is 1. The Kier molecular flexibility index (Phi) is 8.79. The van der Waals surface area contributed by atoms with E-state index in [2.05, 4.69) is 193 Å². The molecule has 0 radical (unpaired) electrons. The van der Waals surface area contributed by atoms with E-state index in [-0.39, 0.29) is 0 Å². The van der Waals surface area contributed by atoms with Gasteiger partial charge < -0.3 is 13.7 Å². The zero-order chi connectivity index (χ0) is 41.7. The first kappa shape index (κ1) is 36.4. The van der Waals surface area contributed by atoms with Crippen LogP contribution in [0.3, 0.4) is 0 Å². The molecule has 4 nitrogen and oxygen atoms in total. The summed E-state index contributed by atoms with van der Waals surface area (Å²) in [6, 6.07) is 81.6. The molecule has 0 N–H and O–H groups in total. The van der Waals surface area contributed by atoms with Crippen molar-refractivity contribution in [3.63, 3.8) is 0 Å². The number of anilines is 3. The standard InChI is InChI=1S/C59H38N2O2/c1-4-14-39(15-5-1)41-28-31-48(32-29-41)61(49-23-12-22-45(35-49)46-27-26-40-16-10-11-21-44(40)34-46)54-33-30-47(36-51(54)42-17-6-2-7-18-42)50-24-13-25-55-58(50)52-37-57-53(38-56(52)62-55)60-59(63-57)43-19-8-3-9-20-43/h1-38H. The maximum absolute atomic E-state index is 6.55. The number of oxazole rings is 1. The van der Waals surface area contributed by atoms with Gasteiger partial charge in [-0.25, -0.2) is 4.98 Å². The Labute approximate surface area is 364 Å². The van der Waals surface area contributed by atoms with E-state index < -0.39 is 0 Å². The second-order valence-electron chi connectivity index (χ2n) is 15.9. The topological polar surface area (TPSA) is 42.4 Å². The second-order valence-corrected chi connectivity index (χ2v) is 15.9. The lowest BCUT2D eigenvalue weighted by Crippen LogP contribution is -2.11. The van der Waals surface area contributed by atoms with Gasteiger partial charge in [-0.3, -0.25) is 0 Å². The van der Waals surface area contributed by atoms with Crippen LogP contribution in [0, 0.1) is 0 Å². The van der Waals surface area contributed by atoms with Crippen molar-refractivity contribution in [2.75, 3.05) is 4.90 Å². The van der Waals surface area contributed by atoms with Crippen molar-refractivity contribution >= 4 is 60.9 Å². The minimum Gasteiger partial charge on any atom is -0.456 e. The molecule has 63 heavy (non-hydrogen) atoms. The third-order valence-electron chi connectivity index (χ3n) is 12.1. The fourth-order valence-electron chi connectivity index (χ4n) is 8.99. The van der Waals surface area contributed by atoms with Gasteiger partial charge in [0.15, 0.2) is 5.58 Å². The zero-order valence-electron chi connectivity index (χ0n) is 34.2. The molecule has 0 unspecified atom stereocenters. The van der Waals surface area contributed by atoms with Crippen molar-refractivity contribution < 1.29 is 8.83 Å². The van der Waals surface area contributed by atoms with Crippen molar-refractivity contribution in [3.8, 4) is 56.0 Å². The maximum Gasteiger partial charge on any atom is 0.227 e. The molecular formula is C59H38N2O2. The Balaban J connectivity index is 1.03. The quantitative estimate of drug-likeness (QED) is 0.153. The van der Waals surface area contributed by atoms with Crippen molar-refractivity contribution in [2.24, 2.45) is 0 Å². The van der Waals surface area contributed by atoms with Gasteiger partial charge in [-0.2, -0.15) is 0 Å². The van der Waals surface area contributed by atoms with E-state index in [0.29, 0.717) is 5.89 Å². The van der Waals surface area contributed by atoms with E-state index >= 15 is 0 Å². The van der Waals surface area contributed by atoms with Crippen LogP contribution in [0.5, 0.6) is 0 Å². The highest BCUT2D eigenvalue weighted by molar-refractivity contribution is 6.15. The molecule has 2 heterocycles. The van der Waals surface area contributed by atoms with Crippen LogP contribution in [-0.2, 0) is 0 Å². The van der Waals surface area contributed by atoms with Gasteiger partial charge in [0.05, 0.1) is 5.69 Å². The first-order chi connectivity index (χ1) is 31.2. The summed E-state index contributed by atoms with van der Waals surface area (Å²) in [4.78, 5) is 7.22. The van der Waals surface area contributed by atoms with Crippen LogP contribution in [0.4, 0.5) is 17.1 Å². The number of rotatable bonds is 8. The Hall–Kier alpha value is -8.47. The molecule has 0 aliphatic rings. The van der Waals surface area contributed by atoms with Gasteiger partial charge >= 0.3 is 0 Å². The molecule has 4 heteroatoms. The average Bonchev–Trinajstić information content (AvgIpc) is 3.95. The fraction of sp³-hybridized carbons (Fsp3) is 0. The Morgan fingerprint density at radius 3 is 1.76 bits per heavy atom. The summed E-state index contributed by atoms with van der Waals surface area (Å²) in [5.41, 5.74) is 16.3. The molecule has 2 aromatic heterocycles. The predicted molar refractivity (Wildman–Crippen MR) is 261 cm³/mol. The molecule has 0 saturated heterocycles. The number of hydrogen-bond acceptors (Lipinski definition) is 4. The third kappa shape index (κ3) is 6.62. The van der Waals surface area contributed by atoms with E-state index in [1.54, 1.807) is 0 Å². The Morgan fingerprint density at radius 2 is 0.968 bits per heavy atom. The molecule has 0 spiro atoms. The predicted octanol–water partition coefficient (Wildman–Crippen LogP) is 16.7.